The summed E-state index contributed by atoms with van der Waals surface area (Å²) in [5.41, 5.74) is 7.17. The molecule has 0 amide bonds. The first-order valence-electron chi connectivity index (χ1n) is 9.39. The second-order valence-electron chi connectivity index (χ2n) is 8.69. The molecule has 1 aromatic heterocycles. The van der Waals surface area contributed by atoms with Crippen molar-refractivity contribution >= 4 is 17.7 Å². The summed E-state index contributed by atoms with van der Waals surface area (Å²) in [5, 5.41) is 0. The van der Waals surface area contributed by atoms with Gasteiger partial charge in [-0.2, -0.15) is 0 Å². The Labute approximate surface area is 150 Å². The van der Waals surface area contributed by atoms with Gasteiger partial charge >= 0.3 is 150 Å². The van der Waals surface area contributed by atoms with Gasteiger partial charge in [-0.1, -0.05) is 0 Å². The first kappa shape index (κ1) is 17.7. The summed E-state index contributed by atoms with van der Waals surface area (Å²) >= 11 is -1.88. The van der Waals surface area contributed by atoms with Gasteiger partial charge < -0.3 is 0 Å². The SMILES string of the molecule is Cc1ccc(C)c(-c2cc(C3CCCC3)[c]([Ge]([CH3])([CH3])[CH3])c[n+]2C)c1. The number of hydrogen-bond acceptors (Lipinski definition) is 0. The zero-order valence-corrected chi connectivity index (χ0v) is 18.3. The van der Waals surface area contributed by atoms with E-state index < -0.39 is 13.3 Å². The van der Waals surface area contributed by atoms with Crippen LogP contribution in [0.2, 0.25) is 17.3 Å². The molecule has 1 fully saturated rings. The molecule has 0 N–H and O–H groups in total. The molecule has 0 bridgehead atoms. The Morgan fingerprint density at radius 1 is 1.00 bits per heavy atom. The van der Waals surface area contributed by atoms with Gasteiger partial charge in [0, 0.05) is 0 Å². The molecule has 1 aliphatic carbocycles. The fraction of sp³-hybridized carbons (Fsp3) is 0.500. The summed E-state index contributed by atoms with van der Waals surface area (Å²) in [4.78, 5) is 0. The Morgan fingerprint density at radius 2 is 1.67 bits per heavy atom. The summed E-state index contributed by atoms with van der Waals surface area (Å²) in [6, 6.07) is 9.37. The quantitative estimate of drug-likeness (QED) is 0.519. The van der Waals surface area contributed by atoms with E-state index in [1.807, 2.05) is 0 Å². The number of hydrogen-bond donors (Lipinski definition) is 0. The maximum atomic E-state index is 2.55. The zero-order chi connectivity index (χ0) is 17.5. The van der Waals surface area contributed by atoms with Gasteiger partial charge in [-0.25, -0.2) is 0 Å². The molecule has 1 nitrogen and oxygen atoms in total. The van der Waals surface area contributed by atoms with Crippen molar-refractivity contribution in [3.05, 3.63) is 47.2 Å². The Bertz CT molecular complexity index is 749. The van der Waals surface area contributed by atoms with Crippen LogP contribution in [0, 0.1) is 13.8 Å². The Balaban J connectivity index is 2.21. The van der Waals surface area contributed by atoms with Gasteiger partial charge in [0.05, 0.1) is 0 Å². The van der Waals surface area contributed by atoms with E-state index in [-0.39, 0.29) is 0 Å². The molecule has 2 heteroatoms. The van der Waals surface area contributed by atoms with Gasteiger partial charge in [0.2, 0.25) is 0 Å². The maximum absolute atomic E-state index is 2.55. The number of nitrogens with zero attached hydrogens (tertiary/aromatic N) is 1. The summed E-state index contributed by atoms with van der Waals surface area (Å²) in [7, 11) is 2.23. The number of aryl methyl sites for hydroxylation is 3. The van der Waals surface area contributed by atoms with Crippen molar-refractivity contribution in [1.29, 1.82) is 0 Å². The van der Waals surface area contributed by atoms with Crippen LogP contribution in [0.5, 0.6) is 0 Å². The van der Waals surface area contributed by atoms with Crippen molar-refractivity contribution in [3.8, 4) is 11.3 Å². The fourth-order valence-corrected chi connectivity index (χ4v) is 7.76. The summed E-state index contributed by atoms with van der Waals surface area (Å²) in [5.74, 6) is 8.39. The number of rotatable bonds is 3. The molecule has 0 saturated heterocycles. The van der Waals surface area contributed by atoms with E-state index in [1.165, 1.54) is 48.1 Å². The van der Waals surface area contributed by atoms with E-state index in [2.05, 4.69) is 73.2 Å². The molecule has 1 saturated carbocycles. The summed E-state index contributed by atoms with van der Waals surface area (Å²) < 4.78 is 4.09. The average Bonchev–Trinajstić information content (AvgIpc) is 3.03. The molecule has 1 aromatic carbocycles. The van der Waals surface area contributed by atoms with Crippen LogP contribution in [-0.2, 0) is 7.05 Å². The van der Waals surface area contributed by atoms with Crippen molar-refractivity contribution in [2.24, 2.45) is 7.05 Å². The first-order valence-corrected chi connectivity index (χ1v) is 16.7. The second-order valence-corrected chi connectivity index (χ2v) is 19.3. The third-order valence-electron chi connectivity index (χ3n) is 5.58. The van der Waals surface area contributed by atoms with Gasteiger partial charge in [-0.3, -0.25) is 0 Å². The van der Waals surface area contributed by atoms with E-state index in [0.717, 1.165) is 5.92 Å². The van der Waals surface area contributed by atoms with Crippen molar-refractivity contribution < 1.29 is 4.57 Å². The first-order chi connectivity index (χ1) is 11.3. The van der Waals surface area contributed by atoms with Crippen molar-refractivity contribution in [2.75, 3.05) is 0 Å². The molecule has 24 heavy (non-hydrogen) atoms. The van der Waals surface area contributed by atoms with Crippen LogP contribution in [0.25, 0.3) is 11.3 Å². The molecule has 3 rings (SSSR count). The van der Waals surface area contributed by atoms with E-state index in [0.29, 0.717) is 0 Å². The molecule has 0 atom stereocenters. The molecule has 2 aromatic rings. The topological polar surface area (TPSA) is 3.88 Å². The molecule has 0 spiro atoms. The Hall–Kier alpha value is -1.09. The van der Waals surface area contributed by atoms with Gasteiger partial charge in [0.1, 0.15) is 0 Å². The summed E-state index contributed by atoms with van der Waals surface area (Å²) in [6.07, 6.45) is 8.05. The standard InChI is InChI=1S/C22H32GeN/c1-16-11-12-17(2)19(13-16)22-14-20(18-9-7-8-10-18)21(15-24(22)6)23(3,4)5/h11-15,18H,7-10H2,1-6H3/q+1. The van der Waals surface area contributed by atoms with Crippen LogP contribution in [0.3, 0.4) is 0 Å². The molecule has 1 heterocycles. The molecule has 128 valence electrons. The number of benzene rings is 1. The zero-order valence-electron chi connectivity index (χ0n) is 16.2. The van der Waals surface area contributed by atoms with Crippen LogP contribution >= 0.6 is 0 Å². The van der Waals surface area contributed by atoms with Crippen molar-refractivity contribution in [3.63, 3.8) is 0 Å². The molecular weight excluding hydrogens is 351 g/mol. The van der Waals surface area contributed by atoms with E-state index in [4.69, 9.17) is 0 Å². The fourth-order valence-electron chi connectivity index (χ4n) is 4.15. The number of aromatic nitrogens is 1. The second kappa shape index (κ2) is 6.67. The normalized spacial score (nSPS) is 15.9. The number of pyridine rings is 1. The molecule has 0 radical (unpaired) electrons. The monoisotopic (exact) mass is 384 g/mol. The van der Waals surface area contributed by atoms with E-state index >= 15 is 0 Å². The molecule has 0 aliphatic heterocycles. The molecular formula is C22H32GeN+. The third-order valence-corrected chi connectivity index (χ3v) is 9.85. The predicted molar refractivity (Wildman–Crippen MR) is 107 cm³/mol. The third kappa shape index (κ3) is 3.47. The van der Waals surface area contributed by atoms with Crippen LogP contribution in [0.4, 0.5) is 0 Å². The average molecular weight is 383 g/mol. The van der Waals surface area contributed by atoms with E-state index in [1.54, 1.807) is 9.96 Å². The van der Waals surface area contributed by atoms with Crippen LogP contribution in [0.1, 0.15) is 48.3 Å². The summed E-state index contributed by atoms with van der Waals surface area (Å²) in [6.45, 7) is 4.43. The minimum atomic E-state index is -1.88. The molecule has 0 unspecified atom stereocenters. The van der Waals surface area contributed by atoms with E-state index in [9.17, 15) is 0 Å². The van der Waals surface area contributed by atoms with Crippen molar-refractivity contribution in [2.45, 2.75) is 62.7 Å². The van der Waals surface area contributed by atoms with Gasteiger partial charge in [-0.15, -0.1) is 0 Å². The molecule has 1 aliphatic rings. The van der Waals surface area contributed by atoms with Crippen LogP contribution in [-0.4, -0.2) is 13.3 Å². The van der Waals surface area contributed by atoms with Gasteiger partial charge in [-0.05, 0) is 0 Å². The van der Waals surface area contributed by atoms with Gasteiger partial charge in [0.25, 0.3) is 0 Å². The predicted octanol–water partition coefficient (Wildman–Crippen LogP) is 5.00. The van der Waals surface area contributed by atoms with Gasteiger partial charge in [0.15, 0.2) is 0 Å². The Kier molecular flexibility index (Phi) is 4.92. The van der Waals surface area contributed by atoms with Crippen LogP contribution < -0.4 is 8.96 Å². The van der Waals surface area contributed by atoms with Crippen LogP contribution in [0.15, 0.2) is 30.5 Å². The Morgan fingerprint density at radius 3 is 2.29 bits per heavy atom. The minimum absolute atomic E-state index is 0.787. The van der Waals surface area contributed by atoms with Crippen molar-refractivity contribution in [1.82, 2.24) is 0 Å².